The maximum absolute atomic E-state index is 12.4. The van der Waals surface area contributed by atoms with Gasteiger partial charge in [0.15, 0.2) is 0 Å². The fourth-order valence-corrected chi connectivity index (χ4v) is 4.63. The lowest BCUT2D eigenvalue weighted by atomic mass is 10.0. The fraction of sp³-hybridized carbons (Fsp3) is 0.667. The Kier molecular flexibility index (Phi) is 6.63. The van der Waals surface area contributed by atoms with E-state index >= 15 is 0 Å². The highest BCUT2D eigenvalue weighted by molar-refractivity contribution is 7.85. The predicted octanol–water partition coefficient (Wildman–Crippen LogP) is 1.98. The molecule has 2 aliphatic heterocycles. The first-order valence-electron chi connectivity index (χ1n) is 8.80. The summed E-state index contributed by atoms with van der Waals surface area (Å²) in [4.78, 5) is 6.05. The summed E-state index contributed by atoms with van der Waals surface area (Å²) in [5.74, 6) is 0.740. The van der Waals surface area contributed by atoms with Gasteiger partial charge in [0.2, 0.25) is 0 Å². The molecule has 3 rings (SSSR count). The van der Waals surface area contributed by atoms with Gasteiger partial charge in [0.05, 0.1) is 24.0 Å². The molecule has 0 radical (unpaired) electrons. The summed E-state index contributed by atoms with van der Waals surface area (Å²) >= 11 is 0. The van der Waals surface area contributed by atoms with E-state index in [1.54, 1.807) is 0 Å². The number of hydrogen-bond donors (Lipinski definition) is 0. The summed E-state index contributed by atoms with van der Waals surface area (Å²) < 4.78 is 17.9. The molecule has 1 aromatic carbocycles. The van der Waals surface area contributed by atoms with Gasteiger partial charge in [-0.3, -0.25) is 14.0 Å². The number of ether oxygens (including phenoxy) is 1. The van der Waals surface area contributed by atoms with Gasteiger partial charge in [-0.15, -0.1) is 0 Å². The summed E-state index contributed by atoms with van der Waals surface area (Å²) in [7, 11) is -0.882. The van der Waals surface area contributed by atoms with Crippen LogP contribution in [0.5, 0.6) is 0 Å². The molecule has 2 fully saturated rings. The van der Waals surface area contributed by atoms with Gasteiger partial charge in [-0.25, -0.2) is 0 Å². The fourth-order valence-electron chi connectivity index (χ4n) is 3.53. The van der Waals surface area contributed by atoms with Crippen molar-refractivity contribution < 1.29 is 8.95 Å². The van der Waals surface area contributed by atoms with Gasteiger partial charge in [0, 0.05) is 42.9 Å². The molecule has 0 amide bonds. The lowest BCUT2D eigenvalue weighted by Crippen LogP contribution is -2.50. The zero-order chi connectivity index (χ0) is 15.9. The molecule has 4 nitrogen and oxygen atoms in total. The summed E-state index contributed by atoms with van der Waals surface area (Å²) in [6.45, 7) is 7.08. The highest BCUT2D eigenvalue weighted by Gasteiger charge is 2.25. The van der Waals surface area contributed by atoms with Crippen LogP contribution in [0.15, 0.2) is 35.2 Å². The van der Waals surface area contributed by atoms with E-state index in [2.05, 4.69) is 9.80 Å². The predicted molar refractivity (Wildman–Crippen MR) is 94.2 cm³/mol. The molecule has 1 aromatic rings. The van der Waals surface area contributed by atoms with Crippen molar-refractivity contribution in [3.05, 3.63) is 30.3 Å². The summed E-state index contributed by atoms with van der Waals surface area (Å²) in [5, 5.41) is 0. The standard InChI is InChI=1S/C18H28N2O2S/c21-23(18-7-2-1-3-8-18)15-12-20-9-5-4-6-17(20)16-19-10-13-22-14-11-19/h1-3,7-8,17H,4-6,9-16H2/t17-,23+/m1/s1. The van der Waals surface area contributed by atoms with E-state index in [1.807, 2.05) is 30.3 Å². The molecule has 0 spiro atoms. The van der Waals surface area contributed by atoms with Gasteiger partial charge in [0.1, 0.15) is 0 Å². The van der Waals surface area contributed by atoms with Crippen LogP contribution in [0.3, 0.4) is 0 Å². The summed E-state index contributed by atoms with van der Waals surface area (Å²) in [6, 6.07) is 10.5. The molecule has 0 N–H and O–H groups in total. The van der Waals surface area contributed by atoms with Gasteiger partial charge in [-0.05, 0) is 31.5 Å². The Hall–Kier alpha value is -0.750. The third-order valence-electron chi connectivity index (χ3n) is 4.89. The number of morpholine rings is 1. The lowest BCUT2D eigenvalue weighted by Gasteiger charge is -2.39. The molecule has 0 unspecified atom stereocenters. The maximum Gasteiger partial charge on any atom is 0.0594 e. The molecule has 2 atom stereocenters. The molecule has 2 aliphatic rings. The minimum atomic E-state index is -0.882. The maximum atomic E-state index is 12.4. The Morgan fingerprint density at radius 3 is 2.65 bits per heavy atom. The second kappa shape index (κ2) is 8.92. The second-order valence-corrected chi connectivity index (χ2v) is 8.03. The van der Waals surface area contributed by atoms with Crippen molar-refractivity contribution in [2.45, 2.75) is 30.2 Å². The van der Waals surface area contributed by atoms with Crippen LogP contribution in [0.2, 0.25) is 0 Å². The van der Waals surface area contributed by atoms with Crippen LogP contribution in [0.1, 0.15) is 19.3 Å². The minimum Gasteiger partial charge on any atom is -0.379 e. The Morgan fingerprint density at radius 2 is 1.87 bits per heavy atom. The van der Waals surface area contributed by atoms with Crippen LogP contribution in [-0.4, -0.2) is 71.7 Å². The highest BCUT2D eigenvalue weighted by atomic mass is 32.2. The van der Waals surface area contributed by atoms with Crippen LogP contribution in [0.4, 0.5) is 0 Å². The zero-order valence-electron chi connectivity index (χ0n) is 13.9. The first-order valence-corrected chi connectivity index (χ1v) is 10.1. The van der Waals surface area contributed by atoms with Crippen molar-refractivity contribution in [1.29, 1.82) is 0 Å². The molecule has 0 aromatic heterocycles. The molecule has 23 heavy (non-hydrogen) atoms. The lowest BCUT2D eigenvalue weighted by molar-refractivity contribution is 0.0177. The van der Waals surface area contributed by atoms with Gasteiger partial charge in [0.25, 0.3) is 0 Å². The van der Waals surface area contributed by atoms with E-state index in [0.29, 0.717) is 6.04 Å². The Labute approximate surface area is 142 Å². The van der Waals surface area contributed by atoms with Crippen molar-refractivity contribution in [3.63, 3.8) is 0 Å². The molecule has 2 saturated heterocycles. The zero-order valence-corrected chi connectivity index (χ0v) is 14.7. The number of hydrogen-bond acceptors (Lipinski definition) is 4. The van der Waals surface area contributed by atoms with Crippen molar-refractivity contribution in [1.82, 2.24) is 9.80 Å². The molecule has 0 bridgehead atoms. The first kappa shape index (κ1) is 17.1. The van der Waals surface area contributed by atoms with Crippen molar-refractivity contribution in [2.75, 3.05) is 51.7 Å². The van der Waals surface area contributed by atoms with Crippen LogP contribution >= 0.6 is 0 Å². The van der Waals surface area contributed by atoms with Gasteiger partial charge in [-0.2, -0.15) is 0 Å². The van der Waals surface area contributed by atoms with Crippen LogP contribution in [0, 0.1) is 0 Å². The number of nitrogens with zero attached hydrogens (tertiary/aromatic N) is 2. The van der Waals surface area contributed by atoms with Gasteiger partial charge >= 0.3 is 0 Å². The average Bonchev–Trinajstić information content (AvgIpc) is 2.62. The second-order valence-electron chi connectivity index (χ2n) is 6.46. The number of piperidine rings is 1. The monoisotopic (exact) mass is 336 g/mol. The first-order chi connectivity index (χ1) is 11.3. The average molecular weight is 337 g/mol. The van der Waals surface area contributed by atoms with E-state index in [-0.39, 0.29) is 0 Å². The van der Waals surface area contributed by atoms with Crippen molar-refractivity contribution >= 4 is 10.8 Å². The van der Waals surface area contributed by atoms with Crippen molar-refractivity contribution in [2.24, 2.45) is 0 Å². The minimum absolute atomic E-state index is 0.620. The molecule has 2 heterocycles. The summed E-state index contributed by atoms with van der Waals surface area (Å²) in [6.07, 6.45) is 3.88. The molecule has 128 valence electrons. The highest BCUT2D eigenvalue weighted by Crippen LogP contribution is 2.19. The van der Waals surface area contributed by atoms with Crippen molar-refractivity contribution in [3.8, 4) is 0 Å². The van der Waals surface area contributed by atoms with E-state index in [0.717, 1.165) is 56.6 Å². The number of benzene rings is 1. The molecular weight excluding hydrogens is 308 g/mol. The molecule has 0 saturated carbocycles. The third-order valence-corrected chi connectivity index (χ3v) is 6.24. The number of rotatable bonds is 6. The van der Waals surface area contributed by atoms with E-state index < -0.39 is 10.8 Å². The van der Waals surface area contributed by atoms with Crippen LogP contribution in [-0.2, 0) is 15.5 Å². The SMILES string of the molecule is O=[S@@](CCN1CCCC[C@@H]1CN1CCOCC1)c1ccccc1. The third kappa shape index (κ3) is 5.11. The Bertz CT molecular complexity index is 491. The largest absolute Gasteiger partial charge is 0.379 e. The molecular formula is C18H28N2O2S. The quantitative estimate of drug-likeness (QED) is 0.795. The molecule has 0 aliphatic carbocycles. The number of likely N-dealkylation sites (tertiary alicyclic amines) is 1. The van der Waals surface area contributed by atoms with E-state index in [4.69, 9.17) is 4.74 Å². The van der Waals surface area contributed by atoms with E-state index in [9.17, 15) is 4.21 Å². The Morgan fingerprint density at radius 1 is 1.09 bits per heavy atom. The van der Waals surface area contributed by atoms with Crippen LogP contribution < -0.4 is 0 Å². The topological polar surface area (TPSA) is 32.8 Å². The van der Waals surface area contributed by atoms with E-state index in [1.165, 1.54) is 19.3 Å². The normalized spacial score (nSPS) is 25.3. The smallest absolute Gasteiger partial charge is 0.0594 e. The van der Waals surface area contributed by atoms with Gasteiger partial charge in [-0.1, -0.05) is 24.6 Å². The molecule has 5 heteroatoms. The Balaban J connectivity index is 1.51. The summed E-state index contributed by atoms with van der Waals surface area (Å²) in [5.41, 5.74) is 0. The van der Waals surface area contributed by atoms with Gasteiger partial charge < -0.3 is 4.74 Å². The van der Waals surface area contributed by atoms with Crippen LogP contribution in [0.25, 0.3) is 0 Å².